The Balaban J connectivity index is 1.50. The lowest BCUT2D eigenvalue weighted by atomic mass is 10.2. The number of aryl methyl sites for hydroxylation is 1. The van der Waals surface area contributed by atoms with Gasteiger partial charge in [-0.05, 0) is 55.0 Å². The topological polar surface area (TPSA) is 90.3 Å². The molecule has 0 aliphatic rings. The fourth-order valence-corrected chi connectivity index (χ4v) is 3.65. The van der Waals surface area contributed by atoms with Crippen LogP contribution in [0.25, 0.3) is 11.0 Å². The van der Waals surface area contributed by atoms with Gasteiger partial charge in [0.25, 0.3) is 0 Å². The van der Waals surface area contributed by atoms with Gasteiger partial charge < -0.3 is 24.7 Å². The van der Waals surface area contributed by atoms with Gasteiger partial charge in [0.2, 0.25) is 5.91 Å². The van der Waals surface area contributed by atoms with E-state index in [4.69, 9.17) is 9.47 Å². The molecule has 0 saturated carbocycles. The molecule has 0 aliphatic heterocycles. The van der Waals surface area contributed by atoms with Crippen LogP contribution in [0.1, 0.15) is 11.1 Å². The van der Waals surface area contributed by atoms with Crippen molar-refractivity contribution in [1.82, 2.24) is 19.9 Å². The first-order chi connectivity index (χ1) is 17.2. The van der Waals surface area contributed by atoms with Crippen LogP contribution in [-0.2, 0) is 22.3 Å². The highest BCUT2D eigenvalue weighted by Gasteiger charge is 2.30. The minimum atomic E-state index is -4.45. The second-order valence-corrected chi connectivity index (χ2v) is 7.98. The van der Waals surface area contributed by atoms with Crippen LogP contribution in [0.5, 0.6) is 11.5 Å². The second-order valence-electron chi connectivity index (χ2n) is 7.98. The van der Waals surface area contributed by atoms with E-state index in [-0.39, 0.29) is 18.3 Å². The van der Waals surface area contributed by atoms with Crippen LogP contribution in [0.3, 0.4) is 0 Å². The highest BCUT2D eigenvalue weighted by molar-refractivity contribution is 5.88. The Morgan fingerprint density at radius 1 is 1.11 bits per heavy atom. The number of fused-ring (bicyclic) bond motifs is 1. The van der Waals surface area contributed by atoms with Crippen LogP contribution in [0, 0.1) is 6.92 Å². The highest BCUT2D eigenvalue weighted by Crippen LogP contribution is 2.34. The minimum absolute atomic E-state index is 0.00479. The zero-order chi connectivity index (χ0) is 25.7. The molecule has 1 amide bonds. The third-order valence-corrected chi connectivity index (χ3v) is 5.33. The number of carbonyl (C=O) groups excluding carboxylic acids is 1. The Morgan fingerprint density at radius 3 is 2.69 bits per heavy atom. The zero-order valence-electron chi connectivity index (χ0n) is 19.6. The summed E-state index contributed by atoms with van der Waals surface area (Å²) in [5, 5.41) is 6.05. The molecule has 2 aromatic carbocycles. The van der Waals surface area contributed by atoms with E-state index in [0.717, 1.165) is 28.7 Å². The summed E-state index contributed by atoms with van der Waals surface area (Å²) >= 11 is 0. The van der Waals surface area contributed by atoms with Crippen LogP contribution in [0.15, 0.2) is 61.1 Å². The maximum absolute atomic E-state index is 13.0. The van der Waals surface area contributed by atoms with Gasteiger partial charge in [0.1, 0.15) is 29.9 Å². The zero-order valence-corrected chi connectivity index (χ0v) is 19.6. The summed E-state index contributed by atoms with van der Waals surface area (Å²) in [6, 6.07) is 11.9. The maximum Gasteiger partial charge on any atom is 0.416 e. The fraction of sp³-hybridized carbons (Fsp3) is 0.240. The molecule has 0 spiro atoms. The van der Waals surface area contributed by atoms with Gasteiger partial charge >= 0.3 is 6.18 Å². The third kappa shape index (κ3) is 5.92. The smallest absolute Gasteiger partial charge is 0.416 e. The molecule has 36 heavy (non-hydrogen) atoms. The van der Waals surface area contributed by atoms with Crippen molar-refractivity contribution in [3.8, 4) is 11.5 Å². The van der Waals surface area contributed by atoms with Crippen LogP contribution in [0.4, 0.5) is 24.7 Å². The number of hydrogen-bond acceptors (Lipinski definition) is 6. The Labute approximate surface area is 205 Å². The lowest BCUT2D eigenvalue weighted by Gasteiger charge is -2.14. The molecule has 0 unspecified atom stereocenters. The van der Waals surface area contributed by atoms with E-state index in [0.29, 0.717) is 30.3 Å². The largest absolute Gasteiger partial charge is 0.457 e. The predicted molar refractivity (Wildman–Crippen MR) is 128 cm³/mol. The molecule has 0 saturated heterocycles. The predicted octanol–water partition coefficient (Wildman–Crippen LogP) is 5.06. The monoisotopic (exact) mass is 499 g/mol. The van der Waals surface area contributed by atoms with E-state index >= 15 is 0 Å². The number of anilines is 2. The molecular formula is C25H24F3N5O3. The molecule has 11 heteroatoms. The van der Waals surface area contributed by atoms with Crippen molar-refractivity contribution < 1.29 is 27.4 Å². The van der Waals surface area contributed by atoms with Crippen molar-refractivity contribution in [2.75, 3.05) is 25.6 Å². The number of hydrogen-bond donors (Lipinski definition) is 2. The van der Waals surface area contributed by atoms with Gasteiger partial charge in [-0.25, -0.2) is 9.97 Å². The van der Waals surface area contributed by atoms with Crippen LogP contribution in [0.2, 0.25) is 0 Å². The van der Waals surface area contributed by atoms with Gasteiger partial charge in [-0.1, -0.05) is 6.07 Å². The van der Waals surface area contributed by atoms with Gasteiger partial charge in [0.05, 0.1) is 11.1 Å². The van der Waals surface area contributed by atoms with Crippen LogP contribution >= 0.6 is 0 Å². The number of aromatic nitrogens is 3. The number of methoxy groups -OCH3 is 1. The summed E-state index contributed by atoms with van der Waals surface area (Å²) in [4.78, 5) is 20.3. The number of nitrogens with one attached hydrogen (secondary N) is 2. The number of amides is 1. The number of halogens is 3. The SMILES string of the molecule is COCC(=O)NCCn1ccc2ncnc(Nc3ccc(Oc4cccc(C(F)(F)F)c4)c(C)c3)c21. The summed E-state index contributed by atoms with van der Waals surface area (Å²) in [6.07, 6.45) is -1.13. The van der Waals surface area contributed by atoms with Gasteiger partial charge in [0, 0.05) is 32.1 Å². The lowest BCUT2D eigenvalue weighted by Crippen LogP contribution is -2.30. The summed E-state index contributed by atoms with van der Waals surface area (Å²) in [7, 11) is 1.46. The van der Waals surface area contributed by atoms with E-state index in [1.165, 1.54) is 25.6 Å². The molecule has 2 aromatic heterocycles. The number of carbonyl (C=O) groups is 1. The Morgan fingerprint density at radius 2 is 1.94 bits per heavy atom. The quantitative estimate of drug-likeness (QED) is 0.335. The van der Waals surface area contributed by atoms with E-state index in [2.05, 4.69) is 20.6 Å². The number of rotatable bonds is 9. The molecule has 0 aliphatic carbocycles. The summed E-state index contributed by atoms with van der Waals surface area (Å²) in [5.41, 5.74) is 2.16. The second kappa shape index (κ2) is 10.6. The standard InChI is InChI=1S/C25H24F3N5O3/c1-16-12-18(6-7-21(16)36-19-5-3-4-17(13-19)25(26,27)28)32-24-23-20(30-15-31-24)8-10-33(23)11-9-29-22(34)14-35-2/h3-8,10,12-13,15H,9,11,14H2,1-2H3,(H,29,34)(H,30,31,32). The van der Waals surface area contributed by atoms with Gasteiger partial charge in [0.15, 0.2) is 5.82 Å². The van der Waals surface area contributed by atoms with Gasteiger partial charge in [-0.15, -0.1) is 0 Å². The van der Waals surface area contributed by atoms with E-state index in [9.17, 15) is 18.0 Å². The summed E-state index contributed by atoms with van der Waals surface area (Å²) < 4.78 is 51.4. The van der Waals surface area contributed by atoms with E-state index < -0.39 is 11.7 Å². The average Bonchev–Trinajstić information content (AvgIpc) is 3.25. The van der Waals surface area contributed by atoms with Crippen molar-refractivity contribution in [3.63, 3.8) is 0 Å². The third-order valence-electron chi connectivity index (χ3n) is 5.33. The number of alkyl halides is 3. The van der Waals surface area contributed by atoms with E-state index in [1.807, 2.05) is 22.9 Å². The molecule has 2 heterocycles. The Kier molecular flexibility index (Phi) is 7.39. The molecule has 4 aromatic rings. The van der Waals surface area contributed by atoms with Crippen molar-refractivity contribution >= 4 is 28.4 Å². The van der Waals surface area contributed by atoms with Crippen molar-refractivity contribution in [2.45, 2.75) is 19.6 Å². The summed E-state index contributed by atoms with van der Waals surface area (Å²) in [5.74, 6) is 0.898. The van der Waals surface area contributed by atoms with E-state index in [1.54, 1.807) is 19.1 Å². The molecule has 2 N–H and O–H groups in total. The Hall–Kier alpha value is -4.12. The highest BCUT2D eigenvalue weighted by atomic mass is 19.4. The molecule has 0 radical (unpaired) electrons. The number of ether oxygens (including phenoxy) is 2. The lowest BCUT2D eigenvalue weighted by molar-refractivity contribution is -0.137. The van der Waals surface area contributed by atoms with Crippen molar-refractivity contribution in [3.05, 3.63) is 72.2 Å². The Bertz CT molecular complexity index is 1370. The molecular weight excluding hydrogens is 475 g/mol. The number of nitrogens with zero attached hydrogens (tertiary/aromatic N) is 3. The normalized spacial score (nSPS) is 11.5. The molecule has 4 rings (SSSR count). The average molecular weight is 499 g/mol. The molecule has 0 bridgehead atoms. The fourth-order valence-electron chi connectivity index (χ4n) is 3.65. The van der Waals surface area contributed by atoms with Crippen molar-refractivity contribution in [1.29, 1.82) is 0 Å². The first kappa shape index (κ1) is 25.0. The van der Waals surface area contributed by atoms with Gasteiger partial charge in [-0.2, -0.15) is 13.2 Å². The first-order valence-electron chi connectivity index (χ1n) is 11.0. The van der Waals surface area contributed by atoms with Crippen molar-refractivity contribution in [2.24, 2.45) is 0 Å². The molecule has 188 valence electrons. The number of benzene rings is 2. The minimum Gasteiger partial charge on any atom is -0.457 e. The maximum atomic E-state index is 13.0. The molecule has 8 nitrogen and oxygen atoms in total. The molecule has 0 atom stereocenters. The van der Waals surface area contributed by atoms with Crippen LogP contribution < -0.4 is 15.4 Å². The first-order valence-corrected chi connectivity index (χ1v) is 11.0. The van der Waals surface area contributed by atoms with Crippen LogP contribution in [-0.4, -0.2) is 40.7 Å². The van der Waals surface area contributed by atoms with Gasteiger partial charge in [-0.3, -0.25) is 4.79 Å². The molecule has 0 fully saturated rings. The summed E-state index contributed by atoms with van der Waals surface area (Å²) in [6.45, 7) is 2.70.